The summed E-state index contributed by atoms with van der Waals surface area (Å²) in [5.74, 6) is 0.261. The van der Waals surface area contributed by atoms with Crippen molar-refractivity contribution in [3.63, 3.8) is 0 Å². The minimum absolute atomic E-state index is 0.0100. The molecule has 2 rings (SSSR count). The van der Waals surface area contributed by atoms with Crippen molar-refractivity contribution in [3.8, 4) is 5.75 Å². The second-order valence-electron chi connectivity index (χ2n) is 5.27. The zero-order valence-electron chi connectivity index (χ0n) is 12.3. The van der Waals surface area contributed by atoms with Crippen LogP contribution in [0.25, 0.3) is 0 Å². The fourth-order valence-electron chi connectivity index (χ4n) is 2.46. The molecule has 22 heavy (non-hydrogen) atoms. The summed E-state index contributed by atoms with van der Waals surface area (Å²) >= 11 is 11.8. The predicted octanol–water partition coefficient (Wildman–Crippen LogP) is 2.50. The van der Waals surface area contributed by atoms with Crippen molar-refractivity contribution in [2.45, 2.75) is 25.8 Å². The highest BCUT2D eigenvalue weighted by atomic mass is 35.5. The van der Waals surface area contributed by atoms with E-state index in [1.54, 1.807) is 23.1 Å². The molecule has 0 aliphatic carbocycles. The Morgan fingerprint density at radius 3 is 2.64 bits per heavy atom. The average Bonchev–Trinajstić information content (AvgIpc) is 2.43. The van der Waals surface area contributed by atoms with Crippen molar-refractivity contribution in [1.82, 2.24) is 10.2 Å². The number of carbonyl (C=O) groups is 2. The number of amides is 2. The number of rotatable bonds is 4. The minimum atomic E-state index is -0.119. The van der Waals surface area contributed by atoms with Crippen LogP contribution in [0.2, 0.25) is 10.0 Å². The molecule has 0 bridgehead atoms. The summed E-state index contributed by atoms with van der Waals surface area (Å²) < 4.78 is 5.45. The second-order valence-corrected chi connectivity index (χ2v) is 6.15. The number of nitrogens with zero attached hydrogens (tertiary/aromatic N) is 1. The van der Waals surface area contributed by atoms with E-state index in [1.165, 1.54) is 6.92 Å². The predicted molar refractivity (Wildman–Crippen MR) is 85.4 cm³/mol. The van der Waals surface area contributed by atoms with Gasteiger partial charge in [0, 0.05) is 36.1 Å². The van der Waals surface area contributed by atoms with Crippen molar-refractivity contribution < 1.29 is 14.3 Å². The van der Waals surface area contributed by atoms with E-state index < -0.39 is 0 Å². The Bertz CT molecular complexity index is 545. The summed E-state index contributed by atoms with van der Waals surface area (Å²) in [6.07, 6.45) is 1.74. The molecule has 0 saturated carbocycles. The van der Waals surface area contributed by atoms with E-state index in [0.29, 0.717) is 28.9 Å². The molecule has 1 heterocycles. The van der Waals surface area contributed by atoms with Crippen LogP contribution in [0.15, 0.2) is 18.2 Å². The van der Waals surface area contributed by atoms with E-state index in [1.807, 2.05) is 0 Å². The van der Waals surface area contributed by atoms with Gasteiger partial charge in [0.25, 0.3) is 5.91 Å². The highest BCUT2D eigenvalue weighted by Gasteiger charge is 2.24. The van der Waals surface area contributed by atoms with Crippen LogP contribution in [0.3, 0.4) is 0 Å². The Labute approximate surface area is 139 Å². The van der Waals surface area contributed by atoms with Crippen molar-refractivity contribution in [2.75, 3.05) is 19.7 Å². The first kappa shape index (κ1) is 16.9. The van der Waals surface area contributed by atoms with Crippen LogP contribution < -0.4 is 10.1 Å². The molecule has 1 aromatic rings. The van der Waals surface area contributed by atoms with E-state index in [2.05, 4.69) is 5.32 Å². The van der Waals surface area contributed by atoms with E-state index in [9.17, 15) is 9.59 Å². The molecule has 0 aromatic heterocycles. The molecule has 120 valence electrons. The number of carbonyl (C=O) groups excluding carboxylic acids is 2. The van der Waals surface area contributed by atoms with Gasteiger partial charge < -0.3 is 15.0 Å². The van der Waals surface area contributed by atoms with Crippen LogP contribution >= 0.6 is 23.2 Å². The fraction of sp³-hybridized carbons (Fsp3) is 0.467. The Kier molecular flexibility index (Phi) is 5.91. The van der Waals surface area contributed by atoms with Gasteiger partial charge in [-0.15, -0.1) is 0 Å². The van der Waals surface area contributed by atoms with E-state index >= 15 is 0 Å². The van der Waals surface area contributed by atoms with Crippen LogP contribution in [0.5, 0.6) is 5.75 Å². The zero-order valence-corrected chi connectivity index (χ0v) is 13.8. The largest absolute Gasteiger partial charge is 0.484 e. The van der Waals surface area contributed by atoms with Gasteiger partial charge in [0.15, 0.2) is 6.61 Å². The number of hydrogen-bond donors (Lipinski definition) is 1. The Morgan fingerprint density at radius 2 is 2.00 bits per heavy atom. The molecule has 0 spiro atoms. The highest BCUT2D eigenvalue weighted by molar-refractivity contribution is 6.34. The lowest BCUT2D eigenvalue weighted by atomic mass is 10.1. The lowest BCUT2D eigenvalue weighted by Gasteiger charge is -2.32. The lowest BCUT2D eigenvalue weighted by molar-refractivity contribution is -0.135. The van der Waals surface area contributed by atoms with Crippen LogP contribution in [0.4, 0.5) is 0 Å². The van der Waals surface area contributed by atoms with Crippen LogP contribution in [0, 0.1) is 0 Å². The third-order valence-corrected chi connectivity index (χ3v) is 3.82. The molecule has 1 fully saturated rings. The van der Waals surface area contributed by atoms with E-state index in [-0.39, 0.29) is 24.5 Å². The first-order chi connectivity index (χ1) is 10.4. The number of ether oxygens (including phenoxy) is 1. The number of halogens is 2. The van der Waals surface area contributed by atoms with Crippen molar-refractivity contribution in [3.05, 3.63) is 28.2 Å². The Morgan fingerprint density at radius 1 is 1.32 bits per heavy atom. The molecule has 0 radical (unpaired) electrons. The van der Waals surface area contributed by atoms with Gasteiger partial charge in [-0.1, -0.05) is 23.2 Å². The quantitative estimate of drug-likeness (QED) is 0.912. The first-order valence-corrected chi connectivity index (χ1v) is 7.83. The van der Waals surface area contributed by atoms with Gasteiger partial charge in [-0.2, -0.15) is 0 Å². The monoisotopic (exact) mass is 344 g/mol. The molecular formula is C15H18Cl2N2O3. The molecule has 1 aliphatic rings. The van der Waals surface area contributed by atoms with Gasteiger partial charge in [-0.05, 0) is 31.0 Å². The summed E-state index contributed by atoms with van der Waals surface area (Å²) in [5.41, 5.74) is 0. The maximum atomic E-state index is 12.2. The summed E-state index contributed by atoms with van der Waals surface area (Å²) in [7, 11) is 0. The molecule has 2 amide bonds. The van der Waals surface area contributed by atoms with Crippen LogP contribution in [-0.4, -0.2) is 42.5 Å². The minimum Gasteiger partial charge on any atom is -0.484 e. The molecule has 1 N–H and O–H groups in total. The van der Waals surface area contributed by atoms with Crippen molar-refractivity contribution in [1.29, 1.82) is 0 Å². The maximum Gasteiger partial charge on any atom is 0.260 e. The number of nitrogens with one attached hydrogen (secondary N) is 1. The average molecular weight is 345 g/mol. The van der Waals surface area contributed by atoms with Crippen molar-refractivity contribution in [2.24, 2.45) is 0 Å². The number of piperidine rings is 1. The fourth-order valence-corrected chi connectivity index (χ4v) is 2.96. The highest BCUT2D eigenvalue weighted by Crippen LogP contribution is 2.24. The van der Waals surface area contributed by atoms with Gasteiger partial charge in [0.05, 0.1) is 0 Å². The van der Waals surface area contributed by atoms with E-state index in [4.69, 9.17) is 27.9 Å². The SMILES string of the molecule is CC(=O)NC1CCCN(C(=O)COc2cc(Cl)cc(Cl)c2)C1. The number of benzene rings is 1. The number of likely N-dealkylation sites (tertiary alicyclic amines) is 1. The molecular weight excluding hydrogens is 327 g/mol. The molecule has 5 nitrogen and oxygen atoms in total. The molecule has 1 aromatic carbocycles. The summed E-state index contributed by atoms with van der Waals surface area (Å²) in [6, 6.07) is 4.82. The maximum absolute atomic E-state index is 12.2. The summed E-state index contributed by atoms with van der Waals surface area (Å²) in [4.78, 5) is 25.0. The summed E-state index contributed by atoms with van der Waals surface area (Å²) in [6.45, 7) is 2.59. The smallest absolute Gasteiger partial charge is 0.260 e. The summed E-state index contributed by atoms with van der Waals surface area (Å²) in [5, 5.41) is 3.76. The molecule has 1 atom stereocenters. The third-order valence-electron chi connectivity index (χ3n) is 3.38. The molecule has 7 heteroatoms. The van der Waals surface area contributed by atoms with Gasteiger partial charge >= 0.3 is 0 Å². The van der Waals surface area contributed by atoms with Gasteiger partial charge in [-0.25, -0.2) is 0 Å². The normalized spacial score (nSPS) is 18.0. The molecule has 1 aliphatic heterocycles. The first-order valence-electron chi connectivity index (χ1n) is 7.08. The standard InChI is InChI=1S/C15H18Cl2N2O3/c1-10(20)18-13-3-2-4-19(8-13)15(21)9-22-14-6-11(16)5-12(17)7-14/h5-7,13H,2-4,8-9H2,1H3,(H,18,20). The topological polar surface area (TPSA) is 58.6 Å². The van der Waals surface area contributed by atoms with Crippen LogP contribution in [-0.2, 0) is 9.59 Å². The Hall–Kier alpha value is -1.46. The third kappa shape index (κ3) is 5.07. The van der Waals surface area contributed by atoms with Crippen molar-refractivity contribution >= 4 is 35.0 Å². The second kappa shape index (κ2) is 7.70. The van der Waals surface area contributed by atoms with Gasteiger partial charge in [0.1, 0.15) is 5.75 Å². The zero-order chi connectivity index (χ0) is 16.1. The molecule has 1 unspecified atom stereocenters. The number of hydrogen-bond acceptors (Lipinski definition) is 3. The van der Waals surface area contributed by atoms with Gasteiger partial charge in [0.2, 0.25) is 5.91 Å². The molecule has 1 saturated heterocycles. The Balaban J connectivity index is 1.87. The van der Waals surface area contributed by atoms with E-state index in [0.717, 1.165) is 12.8 Å². The van der Waals surface area contributed by atoms with Crippen LogP contribution in [0.1, 0.15) is 19.8 Å². The lowest BCUT2D eigenvalue weighted by Crippen LogP contribution is -2.50. The van der Waals surface area contributed by atoms with Gasteiger partial charge in [-0.3, -0.25) is 9.59 Å².